The third-order valence-electron chi connectivity index (χ3n) is 5.28. The summed E-state index contributed by atoms with van der Waals surface area (Å²) >= 11 is 0. The van der Waals surface area contributed by atoms with Gasteiger partial charge in [-0.2, -0.15) is 8.42 Å². The molecule has 2 aromatic rings. The van der Waals surface area contributed by atoms with Crippen molar-refractivity contribution in [3.63, 3.8) is 0 Å². The number of hydrogen-bond donors (Lipinski definition) is 0. The average Bonchev–Trinajstić information content (AvgIpc) is 3.00. The van der Waals surface area contributed by atoms with Gasteiger partial charge in [-0.15, -0.1) is 4.40 Å². The van der Waals surface area contributed by atoms with Gasteiger partial charge in [-0.25, -0.2) is 0 Å². The van der Waals surface area contributed by atoms with E-state index in [4.69, 9.17) is 0 Å². The van der Waals surface area contributed by atoms with Crippen LogP contribution in [-0.2, 0) is 21.4 Å². The fraction of sp³-hybridized carbons (Fsp3) is 0.350. The molecular formula is C20H22N4O3S. The van der Waals surface area contributed by atoms with Gasteiger partial charge in [-0.3, -0.25) is 9.78 Å². The van der Waals surface area contributed by atoms with Crippen molar-refractivity contribution >= 4 is 21.8 Å². The first kappa shape index (κ1) is 18.6. The predicted octanol–water partition coefficient (Wildman–Crippen LogP) is 1.90. The number of hydrogen-bond acceptors (Lipinski definition) is 5. The first-order valence-electron chi connectivity index (χ1n) is 9.29. The maximum absolute atomic E-state index is 12.8. The molecule has 1 fully saturated rings. The van der Waals surface area contributed by atoms with Gasteiger partial charge in [-0.1, -0.05) is 18.2 Å². The van der Waals surface area contributed by atoms with Crippen LogP contribution in [0.1, 0.15) is 24.0 Å². The second-order valence-electron chi connectivity index (χ2n) is 7.20. The number of likely N-dealkylation sites (tertiary alicyclic amines) is 1. The molecule has 0 unspecified atom stereocenters. The molecule has 1 aromatic carbocycles. The van der Waals surface area contributed by atoms with Crippen LogP contribution in [0.4, 0.5) is 0 Å². The first-order chi connectivity index (χ1) is 13.5. The monoisotopic (exact) mass is 398 g/mol. The summed E-state index contributed by atoms with van der Waals surface area (Å²) in [6.45, 7) is 1.75. The predicted molar refractivity (Wildman–Crippen MR) is 105 cm³/mol. The molecule has 0 N–H and O–H groups in total. The summed E-state index contributed by atoms with van der Waals surface area (Å²) in [5, 5.41) is 0. The Bertz CT molecular complexity index is 1010. The van der Waals surface area contributed by atoms with Crippen molar-refractivity contribution in [3.05, 3.63) is 59.9 Å². The number of carbonyl (C=O) groups is 1. The quantitative estimate of drug-likeness (QED) is 0.789. The van der Waals surface area contributed by atoms with E-state index in [1.165, 1.54) is 0 Å². The number of benzene rings is 1. The topological polar surface area (TPSA) is 82.9 Å². The molecule has 8 heteroatoms. The summed E-state index contributed by atoms with van der Waals surface area (Å²) in [4.78, 5) is 20.9. The van der Waals surface area contributed by atoms with E-state index in [0.717, 1.165) is 5.56 Å². The summed E-state index contributed by atoms with van der Waals surface area (Å²) in [6, 6.07) is 10.7. The zero-order valence-electron chi connectivity index (χ0n) is 15.7. The van der Waals surface area contributed by atoms with E-state index in [1.807, 2.05) is 30.1 Å². The molecule has 0 aliphatic carbocycles. The van der Waals surface area contributed by atoms with Crippen LogP contribution in [0.2, 0.25) is 0 Å². The third kappa shape index (κ3) is 3.52. The Morgan fingerprint density at radius 1 is 1.18 bits per heavy atom. The molecule has 1 amide bonds. The van der Waals surface area contributed by atoms with Gasteiger partial charge in [0.15, 0.2) is 5.84 Å². The van der Waals surface area contributed by atoms with E-state index in [2.05, 4.69) is 9.38 Å². The number of amides is 1. The summed E-state index contributed by atoms with van der Waals surface area (Å²) < 4.78 is 28.5. The van der Waals surface area contributed by atoms with E-state index >= 15 is 0 Å². The van der Waals surface area contributed by atoms with Crippen molar-refractivity contribution < 1.29 is 13.2 Å². The molecule has 0 radical (unpaired) electrons. The van der Waals surface area contributed by atoms with Gasteiger partial charge in [0.1, 0.15) is 4.90 Å². The Hall–Kier alpha value is -2.74. The lowest BCUT2D eigenvalue weighted by Crippen LogP contribution is -2.43. The Morgan fingerprint density at radius 3 is 2.64 bits per heavy atom. The number of carbonyl (C=O) groups excluding carboxylic acids is 1. The summed E-state index contributed by atoms with van der Waals surface area (Å²) in [6.07, 6.45) is 4.84. The number of nitrogens with zero attached hydrogens (tertiary/aromatic N) is 4. The molecule has 2 aliphatic heterocycles. The SMILES string of the molecule is CN(Cc1cccnc1)C(=O)C1CCN(C2=NS(=O)(=O)c3ccccc32)CC1. The number of piperidine rings is 1. The zero-order chi connectivity index (χ0) is 19.7. The lowest BCUT2D eigenvalue weighted by atomic mass is 9.94. The highest BCUT2D eigenvalue weighted by Gasteiger charge is 2.34. The molecule has 0 saturated carbocycles. The van der Waals surface area contributed by atoms with E-state index < -0.39 is 10.0 Å². The number of amidine groups is 1. The lowest BCUT2D eigenvalue weighted by Gasteiger charge is -2.34. The minimum absolute atomic E-state index is 0.0632. The largest absolute Gasteiger partial charge is 0.355 e. The summed E-state index contributed by atoms with van der Waals surface area (Å²) in [5.41, 5.74) is 1.65. The van der Waals surface area contributed by atoms with Crippen LogP contribution in [0.15, 0.2) is 58.1 Å². The van der Waals surface area contributed by atoms with Crippen LogP contribution in [0, 0.1) is 5.92 Å². The Labute approximate surface area is 164 Å². The van der Waals surface area contributed by atoms with E-state index in [1.54, 1.807) is 35.5 Å². The lowest BCUT2D eigenvalue weighted by molar-refractivity contribution is -0.136. The minimum Gasteiger partial charge on any atom is -0.355 e. The second-order valence-corrected chi connectivity index (χ2v) is 8.78. The molecule has 28 heavy (non-hydrogen) atoms. The van der Waals surface area contributed by atoms with Gasteiger partial charge in [-0.05, 0) is 36.6 Å². The van der Waals surface area contributed by atoms with E-state index in [9.17, 15) is 13.2 Å². The number of fused-ring (bicyclic) bond motifs is 1. The molecule has 3 heterocycles. The first-order valence-corrected chi connectivity index (χ1v) is 10.7. The van der Waals surface area contributed by atoms with Crippen molar-refractivity contribution in [1.29, 1.82) is 0 Å². The Balaban J connectivity index is 1.41. The third-order valence-corrected chi connectivity index (χ3v) is 6.60. The van der Waals surface area contributed by atoms with Crippen LogP contribution in [0.3, 0.4) is 0 Å². The molecule has 0 spiro atoms. The summed E-state index contributed by atoms with van der Waals surface area (Å²) in [7, 11) is -1.81. The van der Waals surface area contributed by atoms with Gasteiger partial charge in [0.2, 0.25) is 5.91 Å². The van der Waals surface area contributed by atoms with Gasteiger partial charge >= 0.3 is 0 Å². The number of rotatable bonds is 3. The van der Waals surface area contributed by atoms with Crippen LogP contribution in [0.25, 0.3) is 0 Å². The normalized spacial score (nSPS) is 18.5. The molecular weight excluding hydrogens is 376 g/mol. The molecule has 2 aliphatic rings. The standard InChI is InChI=1S/C20H22N4O3S/c1-23(14-15-5-4-10-21-13-15)20(25)16-8-11-24(12-9-16)19-17-6-2-3-7-18(17)28(26,27)22-19/h2-7,10,13,16H,8-9,11-12,14H2,1H3. The number of aromatic nitrogens is 1. The second kappa shape index (κ2) is 7.35. The van der Waals surface area contributed by atoms with E-state index in [0.29, 0.717) is 43.9 Å². The highest BCUT2D eigenvalue weighted by atomic mass is 32.2. The highest BCUT2D eigenvalue weighted by molar-refractivity contribution is 7.90. The number of sulfonamides is 1. The molecule has 0 atom stereocenters. The fourth-order valence-electron chi connectivity index (χ4n) is 3.81. The van der Waals surface area contributed by atoms with Gasteiger partial charge < -0.3 is 9.80 Å². The fourth-order valence-corrected chi connectivity index (χ4v) is 5.04. The minimum atomic E-state index is -3.62. The average molecular weight is 398 g/mol. The zero-order valence-corrected chi connectivity index (χ0v) is 16.5. The molecule has 4 rings (SSSR count). The molecule has 1 saturated heterocycles. The Morgan fingerprint density at radius 2 is 1.93 bits per heavy atom. The van der Waals surface area contributed by atoms with Crippen molar-refractivity contribution in [1.82, 2.24) is 14.8 Å². The Kier molecular flexibility index (Phi) is 4.89. The van der Waals surface area contributed by atoms with Crippen LogP contribution >= 0.6 is 0 Å². The van der Waals surface area contributed by atoms with Crippen molar-refractivity contribution in [2.75, 3.05) is 20.1 Å². The smallest absolute Gasteiger partial charge is 0.285 e. The maximum atomic E-state index is 12.8. The van der Waals surface area contributed by atoms with Crippen molar-refractivity contribution in [2.45, 2.75) is 24.3 Å². The summed E-state index contributed by atoms with van der Waals surface area (Å²) in [5.74, 6) is 0.557. The van der Waals surface area contributed by atoms with E-state index in [-0.39, 0.29) is 16.7 Å². The van der Waals surface area contributed by atoms with Gasteiger partial charge in [0, 0.05) is 50.6 Å². The van der Waals surface area contributed by atoms with Crippen LogP contribution in [-0.4, -0.2) is 55.1 Å². The highest BCUT2D eigenvalue weighted by Crippen LogP contribution is 2.30. The molecule has 0 bridgehead atoms. The molecule has 7 nitrogen and oxygen atoms in total. The van der Waals surface area contributed by atoms with Crippen LogP contribution in [0.5, 0.6) is 0 Å². The van der Waals surface area contributed by atoms with Gasteiger partial charge in [0.25, 0.3) is 10.0 Å². The van der Waals surface area contributed by atoms with Crippen LogP contribution < -0.4 is 0 Å². The van der Waals surface area contributed by atoms with Crippen molar-refractivity contribution in [3.8, 4) is 0 Å². The molecule has 146 valence electrons. The number of pyridine rings is 1. The molecule has 1 aromatic heterocycles. The maximum Gasteiger partial charge on any atom is 0.285 e. The van der Waals surface area contributed by atoms with Crippen molar-refractivity contribution in [2.24, 2.45) is 10.3 Å². The van der Waals surface area contributed by atoms with Gasteiger partial charge in [0.05, 0.1) is 0 Å².